The highest BCUT2D eigenvalue weighted by atomic mass is 16.3. The van der Waals surface area contributed by atoms with Gasteiger partial charge in [-0.05, 0) is 63.0 Å². The molecule has 1 aromatic heterocycles. The molecule has 2 nitrogen and oxygen atoms in total. The summed E-state index contributed by atoms with van der Waals surface area (Å²) in [6.45, 7) is 2.11. The normalized spacial score (nSPS) is 21.9. The summed E-state index contributed by atoms with van der Waals surface area (Å²) in [5.74, 6) is 2.41. The molecule has 0 amide bonds. The van der Waals surface area contributed by atoms with Gasteiger partial charge in [0.25, 0.3) is 0 Å². The Morgan fingerprint density at radius 3 is 2.75 bits per heavy atom. The summed E-state index contributed by atoms with van der Waals surface area (Å²) in [6, 6.07) is 0. The Bertz CT molecular complexity index is 401. The summed E-state index contributed by atoms with van der Waals surface area (Å²) in [7, 11) is 0. The lowest BCUT2D eigenvalue weighted by Gasteiger charge is -2.12. The summed E-state index contributed by atoms with van der Waals surface area (Å²) in [6.07, 6.45) is 9.68. The van der Waals surface area contributed by atoms with Crippen LogP contribution >= 0.6 is 0 Å². The van der Waals surface area contributed by atoms with Crippen molar-refractivity contribution < 1.29 is 4.42 Å². The van der Waals surface area contributed by atoms with Crippen molar-refractivity contribution in [3.05, 3.63) is 22.6 Å². The first-order chi connectivity index (χ1) is 7.68. The largest absolute Gasteiger partial charge is 0.466 e. The van der Waals surface area contributed by atoms with Gasteiger partial charge in [0.1, 0.15) is 11.5 Å². The number of aryl methyl sites for hydroxylation is 2. The smallest absolute Gasteiger partial charge is 0.107 e. The maximum absolute atomic E-state index is 6.16. The molecular weight excluding hydrogens is 198 g/mol. The highest BCUT2D eigenvalue weighted by molar-refractivity contribution is 5.35. The fraction of sp³-hybridized carbons (Fsp3) is 0.714. The molecule has 1 saturated carbocycles. The van der Waals surface area contributed by atoms with E-state index in [2.05, 4.69) is 6.92 Å². The van der Waals surface area contributed by atoms with Crippen molar-refractivity contribution in [1.82, 2.24) is 0 Å². The second kappa shape index (κ2) is 3.63. The van der Waals surface area contributed by atoms with Crippen LogP contribution in [0.15, 0.2) is 4.42 Å². The zero-order valence-electron chi connectivity index (χ0n) is 10.1. The summed E-state index contributed by atoms with van der Waals surface area (Å²) in [5.41, 5.74) is 9.33. The van der Waals surface area contributed by atoms with Gasteiger partial charge in [0.2, 0.25) is 0 Å². The van der Waals surface area contributed by atoms with Crippen molar-refractivity contribution in [2.75, 3.05) is 0 Å². The number of nitrogens with two attached hydrogens (primary N) is 1. The van der Waals surface area contributed by atoms with Crippen molar-refractivity contribution in [3.8, 4) is 0 Å². The number of rotatable bonds is 3. The van der Waals surface area contributed by atoms with Gasteiger partial charge in [0.05, 0.1) is 0 Å². The number of hydrogen-bond acceptors (Lipinski definition) is 2. The molecule has 2 aliphatic carbocycles. The molecule has 0 atom stereocenters. The summed E-state index contributed by atoms with van der Waals surface area (Å²) in [5, 5.41) is 0. The molecule has 1 heterocycles. The van der Waals surface area contributed by atoms with Crippen LogP contribution in [0.1, 0.15) is 54.8 Å². The monoisotopic (exact) mass is 219 g/mol. The van der Waals surface area contributed by atoms with Crippen LogP contribution in [0.5, 0.6) is 0 Å². The zero-order chi connectivity index (χ0) is 11.2. The number of hydrogen-bond donors (Lipinski definition) is 1. The predicted molar refractivity (Wildman–Crippen MR) is 64.6 cm³/mol. The first-order valence-corrected chi connectivity index (χ1v) is 6.57. The highest BCUT2D eigenvalue weighted by Gasteiger charge is 2.38. The molecular formula is C14H21NO. The topological polar surface area (TPSA) is 39.2 Å². The Balaban J connectivity index is 1.79. The number of furan rings is 1. The third kappa shape index (κ3) is 1.80. The van der Waals surface area contributed by atoms with Crippen LogP contribution in [0.2, 0.25) is 0 Å². The predicted octanol–water partition coefficient (Wildman–Crippen LogP) is 2.89. The van der Waals surface area contributed by atoms with Crippen molar-refractivity contribution in [2.24, 2.45) is 5.73 Å². The average Bonchev–Trinajstić information content (AvgIpc) is 2.91. The van der Waals surface area contributed by atoms with E-state index in [1.54, 1.807) is 0 Å². The van der Waals surface area contributed by atoms with Crippen LogP contribution in [0.3, 0.4) is 0 Å². The highest BCUT2D eigenvalue weighted by Crippen LogP contribution is 2.38. The van der Waals surface area contributed by atoms with Gasteiger partial charge in [-0.15, -0.1) is 0 Å². The van der Waals surface area contributed by atoms with Crippen molar-refractivity contribution in [1.29, 1.82) is 0 Å². The molecule has 2 N–H and O–H groups in total. The standard InChI is InChI=1S/C14H21NO/c1-10-11(6-7-14(15)8-9-14)12-4-2-3-5-13(12)16-10/h2-9,15H2,1H3. The molecule has 16 heavy (non-hydrogen) atoms. The van der Waals surface area contributed by atoms with Gasteiger partial charge in [-0.3, -0.25) is 0 Å². The molecule has 0 aliphatic heterocycles. The molecule has 2 aliphatic rings. The summed E-state index contributed by atoms with van der Waals surface area (Å²) < 4.78 is 5.88. The van der Waals surface area contributed by atoms with Crippen molar-refractivity contribution in [2.45, 2.75) is 63.8 Å². The minimum absolute atomic E-state index is 0.172. The molecule has 0 spiro atoms. The lowest BCUT2D eigenvalue weighted by molar-refractivity contribution is 0.456. The molecule has 0 unspecified atom stereocenters. The maximum Gasteiger partial charge on any atom is 0.107 e. The fourth-order valence-electron chi connectivity index (χ4n) is 2.88. The van der Waals surface area contributed by atoms with Gasteiger partial charge in [-0.1, -0.05) is 0 Å². The van der Waals surface area contributed by atoms with Gasteiger partial charge < -0.3 is 10.2 Å². The molecule has 2 heteroatoms. The van der Waals surface area contributed by atoms with E-state index >= 15 is 0 Å². The van der Waals surface area contributed by atoms with Crippen molar-refractivity contribution >= 4 is 0 Å². The van der Waals surface area contributed by atoms with Crippen LogP contribution in [-0.2, 0) is 19.3 Å². The lowest BCUT2D eigenvalue weighted by atomic mass is 9.92. The molecule has 1 aromatic rings. The molecule has 0 bridgehead atoms. The molecule has 0 saturated heterocycles. The third-order valence-corrected chi connectivity index (χ3v) is 4.25. The van der Waals surface area contributed by atoms with Crippen LogP contribution in [0.25, 0.3) is 0 Å². The Morgan fingerprint density at radius 2 is 2.00 bits per heavy atom. The van der Waals surface area contributed by atoms with Gasteiger partial charge in [0.15, 0.2) is 0 Å². The first-order valence-electron chi connectivity index (χ1n) is 6.57. The zero-order valence-corrected chi connectivity index (χ0v) is 10.1. The SMILES string of the molecule is Cc1oc2c(c1CCC1(N)CC1)CCCC2. The van der Waals surface area contributed by atoms with Gasteiger partial charge in [-0.2, -0.15) is 0 Å². The summed E-state index contributed by atoms with van der Waals surface area (Å²) >= 11 is 0. The summed E-state index contributed by atoms with van der Waals surface area (Å²) in [4.78, 5) is 0. The van der Waals surface area contributed by atoms with Crippen LogP contribution in [-0.4, -0.2) is 5.54 Å². The molecule has 1 fully saturated rings. The van der Waals surface area contributed by atoms with E-state index in [1.807, 2.05) is 0 Å². The Morgan fingerprint density at radius 1 is 1.25 bits per heavy atom. The van der Waals surface area contributed by atoms with E-state index < -0.39 is 0 Å². The lowest BCUT2D eigenvalue weighted by Crippen LogP contribution is -2.22. The first kappa shape index (κ1) is 10.4. The molecule has 88 valence electrons. The Labute approximate surface area is 97.2 Å². The maximum atomic E-state index is 6.16. The fourth-order valence-corrected chi connectivity index (χ4v) is 2.88. The van der Waals surface area contributed by atoms with E-state index in [0.29, 0.717) is 0 Å². The molecule has 0 radical (unpaired) electrons. The van der Waals surface area contributed by atoms with Gasteiger partial charge >= 0.3 is 0 Å². The van der Waals surface area contributed by atoms with Crippen LogP contribution in [0.4, 0.5) is 0 Å². The Hall–Kier alpha value is -0.760. The Kier molecular flexibility index (Phi) is 2.36. The van der Waals surface area contributed by atoms with Crippen LogP contribution < -0.4 is 5.73 Å². The minimum atomic E-state index is 0.172. The van der Waals surface area contributed by atoms with E-state index in [9.17, 15) is 0 Å². The number of fused-ring (bicyclic) bond motifs is 1. The quantitative estimate of drug-likeness (QED) is 0.849. The van der Waals surface area contributed by atoms with E-state index in [1.165, 1.54) is 49.0 Å². The van der Waals surface area contributed by atoms with E-state index in [0.717, 1.165) is 25.0 Å². The third-order valence-electron chi connectivity index (χ3n) is 4.25. The van der Waals surface area contributed by atoms with Crippen molar-refractivity contribution in [3.63, 3.8) is 0 Å². The second-order valence-corrected chi connectivity index (χ2v) is 5.61. The minimum Gasteiger partial charge on any atom is -0.466 e. The van der Waals surface area contributed by atoms with E-state index in [-0.39, 0.29) is 5.54 Å². The molecule has 0 aromatic carbocycles. The second-order valence-electron chi connectivity index (χ2n) is 5.61. The average molecular weight is 219 g/mol. The van der Waals surface area contributed by atoms with Gasteiger partial charge in [0, 0.05) is 12.0 Å². The van der Waals surface area contributed by atoms with Gasteiger partial charge in [-0.25, -0.2) is 0 Å². The van der Waals surface area contributed by atoms with Crippen LogP contribution in [0, 0.1) is 6.92 Å². The van der Waals surface area contributed by atoms with E-state index in [4.69, 9.17) is 10.2 Å². The molecule has 3 rings (SSSR count).